The maximum absolute atomic E-state index is 12.6. The molecule has 1 fully saturated rings. The molecule has 1 amide bonds. The van der Waals surface area contributed by atoms with E-state index in [1.807, 2.05) is 32.3 Å². The van der Waals surface area contributed by atoms with Crippen molar-refractivity contribution >= 4 is 5.91 Å². The first kappa shape index (κ1) is 18.2. The molecule has 1 aromatic carbocycles. The highest BCUT2D eigenvalue weighted by Gasteiger charge is 2.47. The zero-order valence-corrected chi connectivity index (χ0v) is 16.1. The highest BCUT2D eigenvalue weighted by molar-refractivity contribution is 5.81. The maximum Gasteiger partial charge on any atom is 0.251 e. The van der Waals surface area contributed by atoms with E-state index < -0.39 is 11.7 Å². The predicted octanol–water partition coefficient (Wildman–Crippen LogP) is 2.30. The number of hydrogen-bond donors (Lipinski definition) is 1. The molecule has 27 heavy (non-hydrogen) atoms. The number of rotatable bonds is 4. The molecule has 144 valence electrons. The van der Waals surface area contributed by atoms with Crippen molar-refractivity contribution < 1.29 is 9.53 Å². The van der Waals surface area contributed by atoms with Crippen molar-refractivity contribution in [2.24, 2.45) is 0 Å². The summed E-state index contributed by atoms with van der Waals surface area (Å²) in [6, 6.07) is 10.7. The van der Waals surface area contributed by atoms with Crippen LogP contribution in [0.25, 0.3) is 0 Å². The zero-order valence-electron chi connectivity index (χ0n) is 16.1. The quantitative estimate of drug-likeness (QED) is 0.900. The van der Waals surface area contributed by atoms with Crippen molar-refractivity contribution in [2.75, 3.05) is 13.1 Å². The van der Waals surface area contributed by atoms with Crippen LogP contribution in [0.4, 0.5) is 0 Å². The number of carbonyl (C=O) groups is 1. The van der Waals surface area contributed by atoms with Gasteiger partial charge in [-0.1, -0.05) is 30.3 Å². The Kier molecular flexibility index (Phi) is 5.02. The molecular formula is C21H28N4O2. The highest BCUT2D eigenvalue weighted by atomic mass is 16.5. The number of hydrogen-bond acceptors (Lipinski definition) is 4. The summed E-state index contributed by atoms with van der Waals surface area (Å²) in [7, 11) is 0. The third-order valence-electron chi connectivity index (χ3n) is 5.49. The Morgan fingerprint density at radius 2 is 2.04 bits per heavy atom. The molecule has 6 heteroatoms. The Labute approximate surface area is 160 Å². The Bertz CT molecular complexity index is 778. The molecule has 2 aliphatic heterocycles. The molecule has 0 saturated carbocycles. The summed E-state index contributed by atoms with van der Waals surface area (Å²) in [6.07, 6.45) is 5.02. The van der Waals surface area contributed by atoms with Crippen molar-refractivity contribution in [3.05, 3.63) is 54.1 Å². The van der Waals surface area contributed by atoms with Crippen molar-refractivity contribution in [2.45, 2.75) is 57.5 Å². The van der Waals surface area contributed by atoms with Gasteiger partial charge in [-0.05, 0) is 32.3 Å². The number of benzene rings is 1. The number of imidazole rings is 1. The van der Waals surface area contributed by atoms with E-state index in [2.05, 4.69) is 44.0 Å². The summed E-state index contributed by atoms with van der Waals surface area (Å²) in [5.74, 6) is 0.936. The molecule has 0 aliphatic carbocycles. The fourth-order valence-electron chi connectivity index (χ4n) is 4.17. The molecule has 1 N–H and O–H groups in total. The fourth-order valence-corrected chi connectivity index (χ4v) is 4.17. The minimum absolute atomic E-state index is 0.0320. The molecule has 1 saturated heterocycles. The molecule has 1 unspecified atom stereocenters. The lowest BCUT2D eigenvalue weighted by Gasteiger charge is -2.45. The van der Waals surface area contributed by atoms with Crippen LogP contribution >= 0.6 is 0 Å². The van der Waals surface area contributed by atoms with Crippen LogP contribution < -0.4 is 5.32 Å². The van der Waals surface area contributed by atoms with Gasteiger partial charge in [0.1, 0.15) is 11.4 Å². The van der Waals surface area contributed by atoms with Gasteiger partial charge in [-0.15, -0.1) is 0 Å². The van der Waals surface area contributed by atoms with Gasteiger partial charge in [0.05, 0.1) is 6.54 Å². The molecule has 0 bridgehead atoms. The maximum atomic E-state index is 12.6. The molecule has 1 aromatic heterocycles. The van der Waals surface area contributed by atoms with Gasteiger partial charge in [0, 0.05) is 38.1 Å². The smallest absolute Gasteiger partial charge is 0.251 e. The molecule has 2 aliphatic rings. The average molecular weight is 368 g/mol. The van der Waals surface area contributed by atoms with Gasteiger partial charge in [0.2, 0.25) is 0 Å². The number of amides is 1. The lowest BCUT2D eigenvalue weighted by atomic mass is 9.88. The second kappa shape index (κ2) is 7.44. The van der Waals surface area contributed by atoms with Gasteiger partial charge < -0.3 is 14.6 Å². The van der Waals surface area contributed by atoms with Crippen molar-refractivity contribution in [3.63, 3.8) is 0 Å². The molecule has 0 radical (unpaired) electrons. The van der Waals surface area contributed by atoms with Crippen molar-refractivity contribution in [1.29, 1.82) is 0 Å². The molecule has 6 nitrogen and oxygen atoms in total. The number of likely N-dealkylation sites (tertiary alicyclic amines) is 1. The van der Waals surface area contributed by atoms with Crippen molar-refractivity contribution in [3.8, 4) is 0 Å². The monoisotopic (exact) mass is 368 g/mol. The summed E-state index contributed by atoms with van der Waals surface area (Å²) in [5, 5.41) is 2.99. The van der Waals surface area contributed by atoms with Crippen LogP contribution in [0.1, 0.15) is 38.1 Å². The van der Waals surface area contributed by atoms with Crippen LogP contribution in [-0.4, -0.2) is 45.6 Å². The predicted molar refractivity (Wildman–Crippen MR) is 103 cm³/mol. The number of fused-ring (bicyclic) bond motifs is 2. The Morgan fingerprint density at radius 3 is 2.74 bits per heavy atom. The number of nitrogens with one attached hydrogen (secondary N) is 1. The molecular weight excluding hydrogens is 340 g/mol. The van der Waals surface area contributed by atoms with Gasteiger partial charge in [-0.25, -0.2) is 4.98 Å². The van der Waals surface area contributed by atoms with Gasteiger partial charge in [0.25, 0.3) is 5.91 Å². The van der Waals surface area contributed by atoms with Crippen LogP contribution in [0.2, 0.25) is 0 Å². The minimum atomic E-state index is -0.464. The van der Waals surface area contributed by atoms with Gasteiger partial charge in [-0.3, -0.25) is 9.69 Å². The van der Waals surface area contributed by atoms with E-state index in [0.29, 0.717) is 6.54 Å². The Balaban J connectivity index is 1.48. The fraction of sp³-hybridized carbons (Fsp3) is 0.524. The first-order valence-corrected chi connectivity index (χ1v) is 9.82. The standard InChI is InChI=1S/C21H28N4O2/c1-16(2)23-19(26)18-15-25-13-10-22-20(25)21(27-18)8-11-24(12-9-21)14-17-6-4-3-5-7-17/h3-7,10,13,16,18H,8-9,11-12,14-15H2,1-2H3,(H,23,26). The normalized spacial score (nSPS) is 22.0. The summed E-state index contributed by atoms with van der Waals surface area (Å²) in [4.78, 5) is 19.6. The Morgan fingerprint density at radius 1 is 1.30 bits per heavy atom. The molecule has 2 aromatic rings. The van der Waals surface area contributed by atoms with Gasteiger partial charge in [-0.2, -0.15) is 0 Å². The Hall–Kier alpha value is -2.18. The van der Waals surface area contributed by atoms with E-state index in [-0.39, 0.29) is 11.9 Å². The number of ether oxygens (including phenoxy) is 1. The summed E-state index contributed by atoms with van der Waals surface area (Å²) >= 11 is 0. The minimum Gasteiger partial charge on any atom is -0.352 e. The lowest BCUT2D eigenvalue weighted by molar-refractivity contribution is -0.174. The van der Waals surface area contributed by atoms with E-state index >= 15 is 0 Å². The average Bonchev–Trinajstić information content (AvgIpc) is 3.14. The second-order valence-corrected chi connectivity index (χ2v) is 7.93. The number of piperidine rings is 1. The van der Waals surface area contributed by atoms with Crippen LogP contribution in [0, 0.1) is 0 Å². The largest absolute Gasteiger partial charge is 0.352 e. The van der Waals surface area contributed by atoms with E-state index in [9.17, 15) is 4.79 Å². The highest BCUT2D eigenvalue weighted by Crippen LogP contribution is 2.40. The zero-order chi connectivity index (χ0) is 18.9. The molecule has 1 atom stereocenters. The SMILES string of the molecule is CC(C)NC(=O)C1Cn2ccnc2C2(CCN(Cc3ccccc3)CC2)O1. The topological polar surface area (TPSA) is 59.4 Å². The van der Waals surface area contributed by atoms with Crippen LogP contribution in [0.3, 0.4) is 0 Å². The van der Waals surface area contributed by atoms with Crippen LogP contribution in [0.15, 0.2) is 42.7 Å². The van der Waals surface area contributed by atoms with Crippen LogP contribution in [0.5, 0.6) is 0 Å². The summed E-state index contributed by atoms with van der Waals surface area (Å²) in [5.41, 5.74) is 0.863. The van der Waals surface area contributed by atoms with Crippen LogP contribution in [-0.2, 0) is 28.2 Å². The summed E-state index contributed by atoms with van der Waals surface area (Å²) < 4.78 is 8.54. The third kappa shape index (κ3) is 3.77. The van der Waals surface area contributed by atoms with Gasteiger partial charge in [0.15, 0.2) is 6.10 Å². The second-order valence-electron chi connectivity index (χ2n) is 7.93. The van der Waals surface area contributed by atoms with E-state index in [0.717, 1.165) is 38.3 Å². The first-order valence-electron chi connectivity index (χ1n) is 9.82. The number of carbonyl (C=O) groups excluding carboxylic acids is 1. The summed E-state index contributed by atoms with van der Waals surface area (Å²) in [6.45, 7) is 7.29. The van der Waals surface area contributed by atoms with E-state index in [1.165, 1.54) is 5.56 Å². The molecule has 4 rings (SSSR count). The van der Waals surface area contributed by atoms with Gasteiger partial charge >= 0.3 is 0 Å². The molecule has 3 heterocycles. The lowest BCUT2D eigenvalue weighted by Crippen LogP contribution is -2.54. The van der Waals surface area contributed by atoms with E-state index in [4.69, 9.17) is 4.74 Å². The van der Waals surface area contributed by atoms with Crippen molar-refractivity contribution in [1.82, 2.24) is 19.8 Å². The van der Waals surface area contributed by atoms with E-state index in [1.54, 1.807) is 0 Å². The number of aromatic nitrogens is 2. The first-order chi connectivity index (χ1) is 13.1. The number of nitrogens with zero attached hydrogens (tertiary/aromatic N) is 3. The third-order valence-corrected chi connectivity index (χ3v) is 5.49. The molecule has 1 spiro atoms.